The zero-order valence-corrected chi connectivity index (χ0v) is 13.7. The third kappa shape index (κ3) is 5.01. The first kappa shape index (κ1) is 15.8. The van der Waals surface area contributed by atoms with Crippen LogP contribution in [0.25, 0.3) is 0 Å². The number of ether oxygens (including phenoxy) is 1. The number of hydrogen-bond donors (Lipinski definition) is 1. The first-order valence-corrected chi connectivity index (χ1v) is 8.50. The molecule has 2 aromatic carbocycles. The number of anilines is 1. The van der Waals surface area contributed by atoms with E-state index in [0.717, 1.165) is 24.6 Å². The van der Waals surface area contributed by atoms with Crippen LogP contribution < -0.4 is 10.1 Å². The Labute approximate surface area is 131 Å². The minimum atomic E-state index is 0.525. The van der Waals surface area contributed by atoms with E-state index in [9.17, 15) is 0 Å². The van der Waals surface area contributed by atoms with Crippen molar-refractivity contribution in [3.63, 3.8) is 0 Å². The topological polar surface area (TPSA) is 21.3 Å². The van der Waals surface area contributed by atoms with Gasteiger partial charge in [0.1, 0.15) is 5.75 Å². The molecule has 0 spiro atoms. The lowest BCUT2D eigenvalue weighted by molar-refractivity contribution is 0.272. The predicted octanol–water partition coefficient (Wildman–Crippen LogP) is 5.06. The van der Waals surface area contributed by atoms with Crippen LogP contribution >= 0.6 is 11.8 Å². The molecule has 0 aromatic heterocycles. The summed E-state index contributed by atoms with van der Waals surface area (Å²) in [5.74, 6) is 1.45. The molecule has 0 fully saturated rings. The van der Waals surface area contributed by atoms with Gasteiger partial charge in [0.2, 0.25) is 0 Å². The number of nitrogens with one attached hydrogen (secondary N) is 1. The van der Waals surface area contributed by atoms with Gasteiger partial charge in [-0.15, -0.1) is 11.8 Å². The fourth-order valence-corrected chi connectivity index (χ4v) is 2.34. The van der Waals surface area contributed by atoms with Gasteiger partial charge >= 0.3 is 0 Å². The van der Waals surface area contributed by atoms with E-state index in [2.05, 4.69) is 55.8 Å². The first-order valence-electron chi connectivity index (χ1n) is 7.27. The summed E-state index contributed by atoms with van der Waals surface area (Å²) < 4.78 is 5.86. The molecule has 3 heteroatoms. The van der Waals surface area contributed by atoms with Crippen LogP contribution in [-0.4, -0.2) is 12.9 Å². The highest BCUT2D eigenvalue weighted by Crippen LogP contribution is 2.25. The maximum absolute atomic E-state index is 5.86. The van der Waals surface area contributed by atoms with E-state index in [-0.39, 0.29) is 0 Å². The number of benzene rings is 2. The fraction of sp³-hybridized carbons (Fsp3) is 0.333. The molecule has 2 rings (SSSR count). The number of rotatable bonds is 7. The lowest BCUT2D eigenvalue weighted by Gasteiger charge is -2.14. The van der Waals surface area contributed by atoms with Gasteiger partial charge in [-0.05, 0) is 42.0 Å². The Balaban J connectivity index is 1.98. The Morgan fingerprint density at radius 3 is 2.43 bits per heavy atom. The van der Waals surface area contributed by atoms with Crippen molar-refractivity contribution in [3.05, 3.63) is 54.1 Å². The average molecular weight is 301 g/mol. The highest BCUT2D eigenvalue weighted by molar-refractivity contribution is 7.98. The van der Waals surface area contributed by atoms with Gasteiger partial charge < -0.3 is 10.1 Å². The van der Waals surface area contributed by atoms with Crippen molar-refractivity contribution in [1.29, 1.82) is 0 Å². The second-order valence-electron chi connectivity index (χ2n) is 5.40. The molecule has 0 saturated heterocycles. The minimum Gasteiger partial charge on any atom is -0.491 e. The molecular formula is C18H23NOS. The second-order valence-corrected chi connectivity index (χ2v) is 6.28. The van der Waals surface area contributed by atoms with Crippen molar-refractivity contribution in [3.8, 4) is 5.75 Å². The third-order valence-electron chi connectivity index (χ3n) is 3.10. The Bertz CT molecular complexity index is 551. The molecule has 0 radical (unpaired) electrons. The van der Waals surface area contributed by atoms with Gasteiger partial charge in [0, 0.05) is 11.4 Å². The van der Waals surface area contributed by atoms with Crippen LogP contribution in [0.3, 0.4) is 0 Å². The summed E-state index contributed by atoms with van der Waals surface area (Å²) in [5, 5.41) is 3.46. The van der Waals surface area contributed by atoms with Gasteiger partial charge in [-0.2, -0.15) is 0 Å². The number of para-hydroxylation sites is 2. The molecule has 0 aliphatic heterocycles. The number of thioether (sulfide) groups is 1. The molecule has 21 heavy (non-hydrogen) atoms. The molecule has 0 heterocycles. The lowest BCUT2D eigenvalue weighted by atomic mass is 10.2. The second kappa shape index (κ2) is 7.99. The van der Waals surface area contributed by atoms with Gasteiger partial charge in [-0.1, -0.05) is 38.1 Å². The van der Waals surface area contributed by atoms with E-state index in [4.69, 9.17) is 4.74 Å². The molecule has 0 unspecified atom stereocenters. The van der Waals surface area contributed by atoms with E-state index >= 15 is 0 Å². The van der Waals surface area contributed by atoms with Crippen LogP contribution in [0.15, 0.2) is 53.4 Å². The zero-order chi connectivity index (χ0) is 15.1. The maximum Gasteiger partial charge on any atom is 0.142 e. The summed E-state index contributed by atoms with van der Waals surface area (Å²) in [5.41, 5.74) is 2.32. The Kier molecular flexibility index (Phi) is 6.00. The van der Waals surface area contributed by atoms with Crippen molar-refractivity contribution in [2.75, 3.05) is 18.2 Å². The SMILES string of the molecule is CSc1ccc(CNc2ccccc2OCC(C)C)cc1. The van der Waals surface area contributed by atoms with E-state index in [1.54, 1.807) is 11.8 Å². The average Bonchev–Trinajstić information content (AvgIpc) is 2.52. The van der Waals surface area contributed by atoms with Gasteiger partial charge in [0.15, 0.2) is 0 Å². The Morgan fingerprint density at radius 2 is 1.76 bits per heavy atom. The van der Waals surface area contributed by atoms with Crippen LogP contribution in [0, 0.1) is 5.92 Å². The molecule has 0 aliphatic rings. The lowest BCUT2D eigenvalue weighted by Crippen LogP contribution is -2.07. The van der Waals surface area contributed by atoms with Crippen LogP contribution in [-0.2, 0) is 6.54 Å². The summed E-state index contributed by atoms with van der Waals surface area (Å²) in [6.07, 6.45) is 2.09. The summed E-state index contributed by atoms with van der Waals surface area (Å²) in [6.45, 7) is 5.85. The predicted molar refractivity (Wildman–Crippen MR) is 92.3 cm³/mol. The largest absolute Gasteiger partial charge is 0.491 e. The summed E-state index contributed by atoms with van der Waals surface area (Å²) >= 11 is 1.76. The smallest absolute Gasteiger partial charge is 0.142 e. The zero-order valence-electron chi connectivity index (χ0n) is 12.9. The summed E-state index contributed by atoms with van der Waals surface area (Å²) in [4.78, 5) is 1.29. The van der Waals surface area contributed by atoms with Crippen molar-refractivity contribution in [2.45, 2.75) is 25.3 Å². The number of hydrogen-bond acceptors (Lipinski definition) is 3. The van der Waals surface area contributed by atoms with Crippen LogP contribution in [0.4, 0.5) is 5.69 Å². The van der Waals surface area contributed by atoms with E-state index in [0.29, 0.717) is 5.92 Å². The molecule has 0 atom stereocenters. The van der Waals surface area contributed by atoms with Crippen LogP contribution in [0.2, 0.25) is 0 Å². The highest BCUT2D eigenvalue weighted by Gasteiger charge is 2.04. The third-order valence-corrected chi connectivity index (χ3v) is 3.84. The monoisotopic (exact) mass is 301 g/mol. The normalized spacial score (nSPS) is 10.7. The quantitative estimate of drug-likeness (QED) is 0.723. The molecule has 112 valence electrons. The molecular weight excluding hydrogens is 278 g/mol. The minimum absolute atomic E-state index is 0.525. The van der Waals surface area contributed by atoms with Gasteiger partial charge in [-0.25, -0.2) is 0 Å². The molecule has 0 saturated carbocycles. The van der Waals surface area contributed by atoms with Crippen LogP contribution in [0.5, 0.6) is 5.75 Å². The summed E-state index contributed by atoms with van der Waals surface area (Å²) in [7, 11) is 0. The van der Waals surface area contributed by atoms with E-state index in [1.807, 2.05) is 18.2 Å². The van der Waals surface area contributed by atoms with Crippen molar-refractivity contribution in [2.24, 2.45) is 5.92 Å². The molecule has 0 bridgehead atoms. The van der Waals surface area contributed by atoms with Crippen molar-refractivity contribution in [1.82, 2.24) is 0 Å². The Morgan fingerprint density at radius 1 is 1.05 bits per heavy atom. The van der Waals surface area contributed by atoms with Crippen molar-refractivity contribution < 1.29 is 4.74 Å². The molecule has 2 nitrogen and oxygen atoms in total. The molecule has 0 amide bonds. The summed E-state index contributed by atoms with van der Waals surface area (Å²) in [6, 6.07) is 16.8. The van der Waals surface area contributed by atoms with E-state index in [1.165, 1.54) is 10.5 Å². The first-order chi connectivity index (χ1) is 10.2. The standard InChI is InChI=1S/C18H23NOS/c1-14(2)13-20-18-7-5-4-6-17(18)19-12-15-8-10-16(21-3)11-9-15/h4-11,14,19H,12-13H2,1-3H3. The molecule has 0 aliphatic carbocycles. The van der Waals surface area contributed by atoms with Crippen LogP contribution in [0.1, 0.15) is 19.4 Å². The van der Waals surface area contributed by atoms with E-state index < -0.39 is 0 Å². The molecule has 1 N–H and O–H groups in total. The Hall–Kier alpha value is -1.61. The fourth-order valence-electron chi connectivity index (χ4n) is 1.94. The maximum atomic E-state index is 5.86. The molecule has 2 aromatic rings. The highest BCUT2D eigenvalue weighted by atomic mass is 32.2. The van der Waals surface area contributed by atoms with Gasteiger partial charge in [-0.3, -0.25) is 0 Å². The van der Waals surface area contributed by atoms with Gasteiger partial charge in [0.05, 0.1) is 12.3 Å². The van der Waals surface area contributed by atoms with Gasteiger partial charge in [0.25, 0.3) is 0 Å². The van der Waals surface area contributed by atoms with Crippen molar-refractivity contribution >= 4 is 17.4 Å².